The Labute approximate surface area is 196 Å². The number of carbonyl (C=O) groups is 2. The second-order valence-corrected chi connectivity index (χ2v) is 8.78. The van der Waals surface area contributed by atoms with E-state index in [0.29, 0.717) is 40.8 Å². The smallest absolute Gasteiger partial charge is 0.265 e. The van der Waals surface area contributed by atoms with E-state index in [4.69, 9.17) is 16.3 Å². The van der Waals surface area contributed by atoms with Crippen LogP contribution in [-0.2, 0) is 0 Å². The van der Waals surface area contributed by atoms with Crippen LogP contribution in [0.4, 0.5) is 5.69 Å². The van der Waals surface area contributed by atoms with Gasteiger partial charge in [-0.2, -0.15) is 0 Å². The molecular weight excluding hydrogens is 446 g/mol. The van der Waals surface area contributed by atoms with Crippen molar-refractivity contribution in [3.05, 3.63) is 81.5 Å². The first kappa shape index (κ1) is 22.3. The third kappa shape index (κ3) is 5.68. The van der Waals surface area contributed by atoms with Gasteiger partial charge in [0.15, 0.2) is 0 Å². The summed E-state index contributed by atoms with van der Waals surface area (Å²) in [6, 6.07) is 18.3. The molecular formula is C24H24ClN3O3S. The average molecular weight is 470 g/mol. The van der Waals surface area contributed by atoms with Gasteiger partial charge < -0.3 is 15.0 Å². The van der Waals surface area contributed by atoms with Crippen LogP contribution < -0.4 is 10.1 Å². The van der Waals surface area contributed by atoms with Gasteiger partial charge in [0.25, 0.3) is 11.8 Å². The summed E-state index contributed by atoms with van der Waals surface area (Å²) < 4.78 is 5.77. The lowest BCUT2D eigenvalue weighted by Crippen LogP contribution is -2.49. The highest BCUT2D eigenvalue weighted by molar-refractivity contribution is 7.12. The molecule has 0 atom stereocenters. The number of halogens is 1. The molecule has 2 aromatic carbocycles. The zero-order valence-corrected chi connectivity index (χ0v) is 19.1. The normalized spacial score (nSPS) is 14.2. The number of hydrogen-bond donors (Lipinski definition) is 1. The van der Waals surface area contributed by atoms with Crippen LogP contribution in [0.3, 0.4) is 0 Å². The summed E-state index contributed by atoms with van der Waals surface area (Å²) in [5.41, 5.74) is 0.948. The number of ether oxygens (including phenoxy) is 1. The number of rotatable bonds is 7. The number of nitrogens with one attached hydrogen (secondary N) is 1. The van der Waals surface area contributed by atoms with E-state index in [1.54, 1.807) is 24.3 Å². The van der Waals surface area contributed by atoms with Gasteiger partial charge in [0.05, 0.1) is 15.6 Å². The molecule has 1 fully saturated rings. The molecule has 0 radical (unpaired) electrons. The van der Waals surface area contributed by atoms with Crippen LogP contribution in [0.15, 0.2) is 66.0 Å². The number of piperazine rings is 1. The predicted molar refractivity (Wildman–Crippen MR) is 128 cm³/mol. The van der Waals surface area contributed by atoms with Crippen molar-refractivity contribution in [2.24, 2.45) is 0 Å². The van der Waals surface area contributed by atoms with Gasteiger partial charge in [0.2, 0.25) is 0 Å². The Bertz CT molecular complexity index is 1050. The summed E-state index contributed by atoms with van der Waals surface area (Å²) in [4.78, 5) is 30.1. The Morgan fingerprint density at radius 1 is 1.00 bits per heavy atom. The molecule has 0 spiro atoms. The van der Waals surface area contributed by atoms with Crippen LogP contribution in [-0.4, -0.2) is 60.9 Å². The summed E-state index contributed by atoms with van der Waals surface area (Å²) in [6.07, 6.45) is 0. The van der Waals surface area contributed by atoms with Gasteiger partial charge >= 0.3 is 0 Å². The van der Waals surface area contributed by atoms with E-state index in [9.17, 15) is 9.59 Å². The highest BCUT2D eigenvalue weighted by Crippen LogP contribution is 2.25. The largest absolute Gasteiger partial charge is 0.492 e. The minimum atomic E-state index is -0.238. The van der Waals surface area contributed by atoms with Crippen LogP contribution in [0.1, 0.15) is 20.0 Å². The van der Waals surface area contributed by atoms with Crippen LogP contribution >= 0.6 is 22.9 Å². The zero-order chi connectivity index (χ0) is 22.3. The number of thiophene rings is 1. The van der Waals surface area contributed by atoms with Crippen LogP contribution in [0.25, 0.3) is 0 Å². The van der Waals surface area contributed by atoms with Gasteiger partial charge in [0, 0.05) is 38.3 Å². The van der Waals surface area contributed by atoms with E-state index in [1.165, 1.54) is 11.3 Å². The Morgan fingerprint density at radius 3 is 2.50 bits per heavy atom. The zero-order valence-electron chi connectivity index (χ0n) is 17.5. The van der Waals surface area contributed by atoms with E-state index in [1.807, 2.05) is 46.7 Å². The molecule has 0 saturated carbocycles. The average Bonchev–Trinajstić information content (AvgIpc) is 3.36. The molecule has 8 heteroatoms. The Hall–Kier alpha value is -2.87. The number of hydrogen-bond acceptors (Lipinski definition) is 5. The molecule has 2 amide bonds. The topological polar surface area (TPSA) is 61.9 Å². The lowest BCUT2D eigenvalue weighted by molar-refractivity contribution is 0.0620. The third-order valence-corrected chi connectivity index (χ3v) is 6.48. The summed E-state index contributed by atoms with van der Waals surface area (Å²) in [5, 5.41) is 5.04. The monoisotopic (exact) mass is 469 g/mol. The fourth-order valence-corrected chi connectivity index (χ4v) is 4.30. The Morgan fingerprint density at radius 2 is 1.78 bits per heavy atom. The molecule has 1 N–H and O–H groups in total. The van der Waals surface area contributed by atoms with E-state index in [2.05, 4.69) is 10.2 Å². The van der Waals surface area contributed by atoms with Crippen molar-refractivity contribution in [3.8, 4) is 5.75 Å². The Balaban J connectivity index is 1.29. The molecule has 0 aliphatic carbocycles. The Kier molecular flexibility index (Phi) is 7.42. The quantitative estimate of drug-likeness (QED) is 0.553. The van der Waals surface area contributed by atoms with Gasteiger partial charge in [-0.1, -0.05) is 35.9 Å². The van der Waals surface area contributed by atoms with Crippen molar-refractivity contribution in [2.75, 3.05) is 44.6 Å². The molecule has 1 aliphatic rings. The number of nitrogens with zero attached hydrogens (tertiary/aromatic N) is 2. The molecule has 0 bridgehead atoms. The van der Waals surface area contributed by atoms with Gasteiger partial charge in [0.1, 0.15) is 12.4 Å². The van der Waals surface area contributed by atoms with Crippen molar-refractivity contribution in [2.45, 2.75) is 0 Å². The van der Waals surface area contributed by atoms with Crippen LogP contribution in [0.2, 0.25) is 5.02 Å². The molecule has 2 heterocycles. The molecule has 32 heavy (non-hydrogen) atoms. The van der Waals surface area contributed by atoms with Gasteiger partial charge in [-0.05, 0) is 41.8 Å². The van der Waals surface area contributed by atoms with Crippen molar-refractivity contribution >= 4 is 40.4 Å². The first-order chi connectivity index (χ1) is 15.6. The molecule has 1 aromatic heterocycles. The van der Waals surface area contributed by atoms with Crippen LogP contribution in [0, 0.1) is 0 Å². The number of benzene rings is 2. The molecule has 1 saturated heterocycles. The second-order valence-electron chi connectivity index (χ2n) is 7.42. The third-order valence-electron chi connectivity index (χ3n) is 5.29. The summed E-state index contributed by atoms with van der Waals surface area (Å²) in [7, 11) is 0. The van der Waals surface area contributed by atoms with Crippen molar-refractivity contribution in [3.63, 3.8) is 0 Å². The highest BCUT2D eigenvalue weighted by Gasteiger charge is 2.23. The maximum Gasteiger partial charge on any atom is 0.265 e. The molecule has 0 unspecified atom stereocenters. The molecule has 1 aliphatic heterocycles. The van der Waals surface area contributed by atoms with Gasteiger partial charge in [-0.3, -0.25) is 14.5 Å². The van der Waals surface area contributed by atoms with E-state index >= 15 is 0 Å². The number of carbonyl (C=O) groups excluding carboxylic acids is 2. The van der Waals surface area contributed by atoms with Crippen LogP contribution in [0.5, 0.6) is 5.75 Å². The van der Waals surface area contributed by atoms with Crippen molar-refractivity contribution in [1.29, 1.82) is 0 Å². The molecule has 166 valence electrons. The highest BCUT2D eigenvalue weighted by atomic mass is 35.5. The number of anilines is 1. The standard InChI is InChI=1S/C24H24ClN3O3S/c25-20-9-8-18(17-21(20)26-23(29)22-7-4-16-32-22)24(30)28-12-10-27(11-13-28)14-15-31-19-5-2-1-3-6-19/h1-9,16-17H,10-15H2,(H,26,29). The minimum Gasteiger partial charge on any atom is -0.492 e. The molecule has 4 rings (SSSR count). The lowest BCUT2D eigenvalue weighted by atomic mass is 10.1. The molecule has 6 nitrogen and oxygen atoms in total. The first-order valence-electron chi connectivity index (χ1n) is 10.4. The maximum absolute atomic E-state index is 13.0. The lowest BCUT2D eigenvalue weighted by Gasteiger charge is -2.34. The minimum absolute atomic E-state index is 0.0616. The fraction of sp³-hybridized carbons (Fsp3) is 0.250. The summed E-state index contributed by atoms with van der Waals surface area (Å²) in [5.74, 6) is 0.567. The van der Waals surface area contributed by atoms with E-state index < -0.39 is 0 Å². The SMILES string of the molecule is O=C(Nc1cc(C(=O)N2CCN(CCOc3ccccc3)CC2)ccc1Cl)c1cccs1. The molecule has 3 aromatic rings. The van der Waals surface area contributed by atoms with E-state index in [0.717, 1.165) is 25.4 Å². The summed E-state index contributed by atoms with van der Waals surface area (Å²) >= 11 is 7.60. The van der Waals surface area contributed by atoms with Gasteiger partial charge in [-0.25, -0.2) is 0 Å². The second kappa shape index (κ2) is 10.6. The van der Waals surface area contributed by atoms with Gasteiger partial charge in [-0.15, -0.1) is 11.3 Å². The van der Waals surface area contributed by atoms with Crippen molar-refractivity contribution in [1.82, 2.24) is 9.80 Å². The summed E-state index contributed by atoms with van der Waals surface area (Å²) in [6.45, 7) is 4.30. The van der Waals surface area contributed by atoms with E-state index in [-0.39, 0.29) is 11.8 Å². The first-order valence-corrected chi connectivity index (χ1v) is 11.7. The number of amides is 2. The number of para-hydroxylation sites is 1. The maximum atomic E-state index is 13.0. The van der Waals surface area contributed by atoms with Crippen molar-refractivity contribution < 1.29 is 14.3 Å². The fourth-order valence-electron chi connectivity index (χ4n) is 3.51. The predicted octanol–water partition coefficient (Wildman–Crippen LogP) is 4.49.